The Morgan fingerprint density at radius 3 is 2.60 bits per heavy atom. The third-order valence-electron chi connectivity index (χ3n) is 2.86. The third kappa shape index (κ3) is 5.21. The van der Waals surface area contributed by atoms with E-state index in [4.69, 9.17) is 4.74 Å². The van der Waals surface area contributed by atoms with Crippen molar-refractivity contribution in [1.29, 1.82) is 0 Å². The van der Waals surface area contributed by atoms with Crippen LogP contribution in [0.5, 0.6) is 0 Å². The van der Waals surface area contributed by atoms with Crippen molar-refractivity contribution in [3.8, 4) is 0 Å². The van der Waals surface area contributed by atoms with Gasteiger partial charge in [-0.2, -0.15) is 11.8 Å². The number of hydrogen-bond donors (Lipinski definition) is 1. The van der Waals surface area contributed by atoms with E-state index in [2.05, 4.69) is 10.3 Å². The van der Waals surface area contributed by atoms with Crippen molar-refractivity contribution in [3.63, 3.8) is 0 Å². The molecule has 0 aliphatic carbocycles. The van der Waals surface area contributed by atoms with Gasteiger partial charge in [-0.15, -0.1) is 0 Å². The molecule has 1 heterocycles. The number of carbonyl (C=O) groups is 2. The maximum Gasteiger partial charge on any atom is 0.328 e. The zero-order valence-electron chi connectivity index (χ0n) is 12.0. The van der Waals surface area contributed by atoms with Crippen molar-refractivity contribution in [1.82, 2.24) is 10.3 Å². The fourth-order valence-corrected chi connectivity index (χ4v) is 2.38. The monoisotopic (exact) mass is 296 g/mol. The Morgan fingerprint density at radius 1 is 1.40 bits per heavy atom. The number of esters is 1. The second-order valence-corrected chi connectivity index (χ2v) is 5.41. The van der Waals surface area contributed by atoms with Gasteiger partial charge >= 0.3 is 5.97 Å². The van der Waals surface area contributed by atoms with Crippen LogP contribution in [0.1, 0.15) is 12.5 Å². The molecule has 2 unspecified atom stereocenters. The highest BCUT2D eigenvalue weighted by Gasteiger charge is 2.24. The number of nitrogens with one attached hydrogen (secondary N) is 1. The lowest BCUT2D eigenvalue weighted by molar-refractivity contribution is -0.145. The molecule has 1 aromatic rings. The van der Waals surface area contributed by atoms with Crippen LogP contribution in [-0.4, -0.2) is 42.0 Å². The molecule has 0 aliphatic heterocycles. The summed E-state index contributed by atoms with van der Waals surface area (Å²) in [6, 6.07) is 2.96. The van der Waals surface area contributed by atoms with Crippen LogP contribution in [-0.2, 0) is 20.7 Å². The van der Waals surface area contributed by atoms with Gasteiger partial charge in [0.1, 0.15) is 6.04 Å². The smallest absolute Gasteiger partial charge is 0.328 e. The van der Waals surface area contributed by atoms with Crippen molar-refractivity contribution < 1.29 is 14.3 Å². The highest BCUT2D eigenvalue weighted by atomic mass is 32.2. The number of ether oxygens (including phenoxy) is 1. The summed E-state index contributed by atoms with van der Waals surface area (Å²) in [4.78, 5) is 27.7. The van der Waals surface area contributed by atoms with E-state index >= 15 is 0 Å². The van der Waals surface area contributed by atoms with Gasteiger partial charge in [-0.3, -0.25) is 9.78 Å². The number of hydrogen-bond acceptors (Lipinski definition) is 5. The number of pyridine rings is 1. The molecule has 0 aliphatic rings. The van der Waals surface area contributed by atoms with Gasteiger partial charge in [0.15, 0.2) is 0 Å². The Balaban J connectivity index is 2.70. The van der Waals surface area contributed by atoms with Gasteiger partial charge in [0.25, 0.3) is 0 Å². The van der Waals surface area contributed by atoms with Crippen LogP contribution in [0.4, 0.5) is 0 Å². The standard InChI is InChI=1S/C14H20N2O3S/c1-10(9-20-3)13(17)16-12(14(18)19-2)8-11-4-6-15-7-5-11/h4-7,10,12H,8-9H2,1-3H3,(H,16,17). The lowest BCUT2D eigenvalue weighted by Gasteiger charge is -2.19. The van der Waals surface area contributed by atoms with E-state index < -0.39 is 12.0 Å². The molecule has 6 heteroatoms. The first-order chi connectivity index (χ1) is 9.58. The Kier molecular flexibility index (Phi) is 7.08. The van der Waals surface area contributed by atoms with Crippen molar-refractivity contribution in [3.05, 3.63) is 30.1 Å². The van der Waals surface area contributed by atoms with Crippen LogP contribution in [0.15, 0.2) is 24.5 Å². The molecule has 0 bridgehead atoms. The van der Waals surface area contributed by atoms with E-state index in [1.807, 2.05) is 25.3 Å². The lowest BCUT2D eigenvalue weighted by atomic mass is 10.1. The molecular formula is C14H20N2O3S. The summed E-state index contributed by atoms with van der Waals surface area (Å²) in [7, 11) is 1.32. The molecule has 0 saturated heterocycles. The van der Waals surface area contributed by atoms with Gasteiger partial charge in [-0.1, -0.05) is 6.92 Å². The molecule has 0 saturated carbocycles. The van der Waals surface area contributed by atoms with Gasteiger partial charge < -0.3 is 10.1 Å². The molecule has 0 spiro atoms. The average Bonchev–Trinajstić information content (AvgIpc) is 2.47. The Bertz CT molecular complexity index is 439. The van der Waals surface area contributed by atoms with Crippen LogP contribution in [0.2, 0.25) is 0 Å². The molecule has 1 N–H and O–H groups in total. The van der Waals surface area contributed by atoms with Crippen molar-refractivity contribution >= 4 is 23.6 Å². The van der Waals surface area contributed by atoms with Gasteiger partial charge in [-0.25, -0.2) is 4.79 Å². The predicted octanol–water partition coefficient (Wildman–Crippen LogP) is 1.28. The predicted molar refractivity (Wildman–Crippen MR) is 79.4 cm³/mol. The minimum atomic E-state index is -0.667. The quantitative estimate of drug-likeness (QED) is 0.768. The second-order valence-electron chi connectivity index (χ2n) is 4.50. The van der Waals surface area contributed by atoms with Gasteiger partial charge in [0, 0.05) is 30.5 Å². The SMILES string of the molecule is COC(=O)C(Cc1ccncc1)NC(=O)C(C)CSC. The number of carbonyl (C=O) groups excluding carboxylic acids is 2. The lowest BCUT2D eigenvalue weighted by Crippen LogP contribution is -2.45. The van der Waals surface area contributed by atoms with E-state index in [-0.39, 0.29) is 11.8 Å². The van der Waals surface area contributed by atoms with E-state index in [9.17, 15) is 9.59 Å². The van der Waals surface area contributed by atoms with E-state index in [1.165, 1.54) is 7.11 Å². The highest BCUT2D eigenvalue weighted by Crippen LogP contribution is 2.07. The Labute approximate surface area is 123 Å². The van der Waals surface area contributed by atoms with Crippen LogP contribution in [0.3, 0.4) is 0 Å². The molecular weight excluding hydrogens is 276 g/mol. The number of amides is 1. The third-order valence-corrected chi connectivity index (χ3v) is 3.69. The summed E-state index contributed by atoms with van der Waals surface area (Å²) in [5, 5.41) is 2.75. The zero-order valence-corrected chi connectivity index (χ0v) is 12.8. The van der Waals surface area contributed by atoms with Crippen LogP contribution < -0.4 is 5.32 Å². The first kappa shape index (κ1) is 16.5. The number of nitrogens with zero attached hydrogens (tertiary/aromatic N) is 1. The van der Waals surface area contributed by atoms with E-state index in [1.54, 1.807) is 24.2 Å². The van der Waals surface area contributed by atoms with Crippen LogP contribution in [0, 0.1) is 5.92 Å². The first-order valence-electron chi connectivity index (χ1n) is 6.34. The Morgan fingerprint density at radius 2 is 2.05 bits per heavy atom. The van der Waals surface area contributed by atoms with Gasteiger partial charge in [0.2, 0.25) is 5.91 Å². The van der Waals surface area contributed by atoms with Gasteiger partial charge in [-0.05, 0) is 24.0 Å². The zero-order chi connectivity index (χ0) is 15.0. The van der Waals surface area contributed by atoms with Crippen molar-refractivity contribution in [2.24, 2.45) is 5.92 Å². The molecule has 20 heavy (non-hydrogen) atoms. The van der Waals surface area contributed by atoms with Crippen molar-refractivity contribution in [2.75, 3.05) is 19.1 Å². The summed E-state index contributed by atoms with van der Waals surface area (Å²) >= 11 is 1.60. The number of aromatic nitrogens is 1. The normalized spacial score (nSPS) is 13.3. The van der Waals surface area contributed by atoms with Gasteiger partial charge in [0.05, 0.1) is 7.11 Å². The molecule has 0 radical (unpaired) electrons. The topological polar surface area (TPSA) is 68.3 Å². The molecule has 1 aromatic heterocycles. The molecule has 0 fully saturated rings. The molecule has 1 amide bonds. The fourth-order valence-electron chi connectivity index (χ4n) is 1.73. The summed E-state index contributed by atoms with van der Waals surface area (Å²) in [6.07, 6.45) is 5.65. The molecule has 5 nitrogen and oxygen atoms in total. The van der Waals surface area contributed by atoms with E-state index in [0.717, 1.165) is 11.3 Å². The van der Waals surface area contributed by atoms with E-state index in [0.29, 0.717) is 6.42 Å². The molecule has 110 valence electrons. The minimum absolute atomic E-state index is 0.135. The summed E-state index contributed by atoms with van der Waals surface area (Å²) in [6.45, 7) is 1.84. The van der Waals surface area contributed by atoms with Crippen molar-refractivity contribution in [2.45, 2.75) is 19.4 Å². The second kappa shape index (κ2) is 8.58. The molecule has 0 aromatic carbocycles. The van der Waals surface area contributed by atoms with Crippen LogP contribution >= 0.6 is 11.8 Å². The Hall–Kier alpha value is -1.56. The summed E-state index contributed by atoms with van der Waals surface area (Å²) in [5.74, 6) is -0.000425. The highest BCUT2D eigenvalue weighted by molar-refractivity contribution is 7.98. The molecule has 1 rings (SSSR count). The summed E-state index contributed by atoms with van der Waals surface area (Å²) in [5.41, 5.74) is 0.924. The number of methoxy groups -OCH3 is 1. The average molecular weight is 296 g/mol. The number of rotatable bonds is 7. The maximum atomic E-state index is 12.0. The summed E-state index contributed by atoms with van der Waals surface area (Å²) < 4.78 is 4.75. The largest absolute Gasteiger partial charge is 0.467 e. The minimum Gasteiger partial charge on any atom is -0.467 e. The number of thioether (sulfide) groups is 1. The molecule has 2 atom stereocenters. The fraction of sp³-hybridized carbons (Fsp3) is 0.500. The first-order valence-corrected chi connectivity index (χ1v) is 7.74. The van der Waals surface area contributed by atoms with Crippen LogP contribution in [0.25, 0.3) is 0 Å². The maximum absolute atomic E-state index is 12.0.